The second-order valence-corrected chi connectivity index (χ2v) is 6.77. The number of pyridine rings is 1. The van der Waals surface area contributed by atoms with Crippen LogP contribution in [-0.4, -0.2) is 33.1 Å². The van der Waals surface area contributed by atoms with Crippen LogP contribution in [0.25, 0.3) is 0 Å². The summed E-state index contributed by atoms with van der Waals surface area (Å²) in [6.45, 7) is 3.12. The number of rotatable bonds is 8. The fourth-order valence-corrected chi connectivity index (χ4v) is 2.94. The Morgan fingerprint density at radius 3 is 2.72 bits per heavy atom. The van der Waals surface area contributed by atoms with E-state index in [2.05, 4.69) is 16.0 Å². The molecule has 0 saturated heterocycles. The third-order valence-corrected chi connectivity index (χ3v) is 4.50. The molecule has 1 fully saturated rings. The lowest BCUT2D eigenvalue weighted by Crippen LogP contribution is -2.25. The summed E-state index contributed by atoms with van der Waals surface area (Å²) >= 11 is 6.27. The molecule has 1 aliphatic rings. The molecule has 5 nitrogen and oxygen atoms in total. The third kappa shape index (κ3) is 4.94. The van der Waals surface area contributed by atoms with E-state index in [1.54, 1.807) is 12.3 Å². The Balaban J connectivity index is 1.68. The van der Waals surface area contributed by atoms with E-state index < -0.39 is 12.1 Å². The van der Waals surface area contributed by atoms with E-state index >= 15 is 0 Å². The zero-order valence-electron chi connectivity index (χ0n) is 14.1. The number of carboxylic acid groups (broad SMARTS) is 1. The lowest BCUT2D eigenvalue weighted by atomic mass is 10.1. The molecule has 3 rings (SSSR count). The minimum Gasteiger partial charge on any atom is -0.479 e. The summed E-state index contributed by atoms with van der Waals surface area (Å²) in [5.41, 5.74) is 2.27. The van der Waals surface area contributed by atoms with E-state index in [0.717, 1.165) is 18.7 Å². The van der Waals surface area contributed by atoms with Gasteiger partial charge in [0, 0.05) is 31.5 Å². The molecule has 0 amide bonds. The van der Waals surface area contributed by atoms with Crippen LogP contribution in [0.15, 0.2) is 42.7 Å². The first-order valence-corrected chi connectivity index (χ1v) is 8.71. The highest BCUT2D eigenvalue weighted by atomic mass is 35.5. The average molecular weight is 361 g/mol. The van der Waals surface area contributed by atoms with Gasteiger partial charge >= 0.3 is 5.97 Å². The summed E-state index contributed by atoms with van der Waals surface area (Å²) in [6, 6.07) is 10.2. The number of aliphatic carboxylic acids is 1. The summed E-state index contributed by atoms with van der Waals surface area (Å²) in [5, 5.41) is 9.37. The van der Waals surface area contributed by atoms with Gasteiger partial charge < -0.3 is 9.84 Å². The minimum absolute atomic E-state index is 0.394. The van der Waals surface area contributed by atoms with Crippen molar-refractivity contribution in [2.75, 3.05) is 0 Å². The predicted octanol–water partition coefficient (Wildman–Crippen LogP) is 3.75. The summed E-state index contributed by atoms with van der Waals surface area (Å²) < 4.78 is 5.37. The van der Waals surface area contributed by atoms with E-state index in [1.807, 2.05) is 24.4 Å². The maximum absolute atomic E-state index is 10.9. The molecular weight excluding hydrogens is 340 g/mol. The molecule has 25 heavy (non-hydrogen) atoms. The Kier molecular flexibility index (Phi) is 5.56. The fraction of sp³-hybridized carbons (Fsp3) is 0.368. The van der Waals surface area contributed by atoms with Gasteiger partial charge in [0.05, 0.1) is 5.02 Å². The number of carboxylic acids is 1. The normalized spacial score (nSPS) is 15.2. The maximum atomic E-state index is 10.9. The van der Waals surface area contributed by atoms with Gasteiger partial charge in [-0.25, -0.2) is 4.79 Å². The van der Waals surface area contributed by atoms with Crippen molar-refractivity contribution in [3.05, 3.63) is 58.9 Å². The largest absolute Gasteiger partial charge is 0.479 e. The molecule has 1 unspecified atom stereocenters. The molecule has 1 heterocycles. The third-order valence-electron chi connectivity index (χ3n) is 4.21. The van der Waals surface area contributed by atoms with Gasteiger partial charge in [-0.05, 0) is 49.1 Å². The number of halogens is 1. The maximum Gasteiger partial charge on any atom is 0.344 e. The van der Waals surface area contributed by atoms with Crippen molar-refractivity contribution < 1.29 is 14.6 Å². The van der Waals surface area contributed by atoms with Crippen LogP contribution in [0.3, 0.4) is 0 Å². The van der Waals surface area contributed by atoms with E-state index in [9.17, 15) is 4.79 Å². The van der Waals surface area contributed by atoms with Crippen LogP contribution < -0.4 is 4.74 Å². The first-order chi connectivity index (χ1) is 12.0. The van der Waals surface area contributed by atoms with Gasteiger partial charge in [0.15, 0.2) is 6.10 Å². The number of carbonyl (C=O) groups is 1. The standard InChI is InChI=1S/C19H21ClN2O3/c1-13(19(23)24)25-18-7-4-14(9-17(18)20)11-22(16-5-6-16)12-15-3-2-8-21-10-15/h2-4,7-10,13,16H,5-6,11-12H2,1H3,(H,23,24). The molecule has 2 aromatic rings. The van der Waals surface area contributed by atoms with Crippen molar-refractivity contribution in [2.24, 2.45) is 0 Å². The van der Waals surface area contributed by atoms with E-state index in [0.29, 0.717) is 16.8 Å². The quantitative estimate of drug-likeness (QED) is 0.776. The van der Waals surface area contributed by atoms with Crippen molar-refractivity contribution in [2.45, 2.75) is 45.0 Å². The molecule has 1 saturated carbocycles. The van der Waals surface area contributed by atoms with Gasteiger partial charge in [0.1, 0.15) is 5.75 Å². The van der Waals surface area contributed by atoms with Crippen molar-refractivity contribution >= 4 is 17.6 Å². The molecule has 0 spiro atoms. The smallest absolute Gasteiger partial charge is 0.344 e. The van der Waals surface area contributed by atoms with Gasteiger partial charge in [0.25, 0.3) is 0 Å². The molecule has 0 bridgehead atoms. The molecule has 1 aromatic heterocycles. The molecule has 1 aromatic carbocycles. The van der Waals surface area contributed by atoms with Gasteiger partial charge in [-0.2, -0.15) is 0 Å². The van der Waals surface area contributed by atoms with Crippen LogP contribution in [-0.2, 0) is 17.9 Å². The topological polar surface area (TPSA) is 62.7 Å². The highest BCUT2D eigenvalue weighted by Gasteiger charge is 2.29. The van der Waals surface area contributed by atoms with Gasteiger partial charge in [-0.3, -0.25) is 9.88 Å². The highest BCUT2D eigenvalue weighted by Crippen LogP contribution is 2.32. The van der Waals surface area contributed by atoms with Crippen molar-refractivity contribution in [1.82, 2.24) is 9.88 Å². The lowest BCUT2D eigenvalue weighted by Gasteiger charge is -2.22. The predicted molar refractivity (Wildman–Crippen MR) is 95.7 cm³/mol. The number of nitrogens with zero attached hydrogens (tertiary/aromatic N) is 2. The van der Waals surface area contributed by atoms with Gasteiger partial charge in [-0.15, -0.1) is 0 Å². The van der Waals surface area contributed by atoms with Crippen LogP contribution in [0.1, 0.15) is 30.9 Å². The van der Waals surface area contributed by atoms with Crippen molar-refractivity contribution in [3.63, 3.8) is 0 Å². The summed E-state index contributed by atoms with van der Waals surface area (Å²) in [7, 11) is 0. The molecule has 1 aliphatic carbocycles. The Morgan fingerprint density at radius 1 is 1.36 bits per heavy atom. The van der Waals surface area contributed by atoms with E-state index in [4.69, 9.17) is 21.4 Å². The first kappa shape index (κ1) is 17.7. The highest BCUT2D eigenvalue weighted by molar-refractivity contribution is 6.32. The second kappa shape index (κ2) is 7.85. The van der Waals surface area contributed by atoms with Crippen molar-refractivity contribution in [1.29, 1.82) is 0 Å². The Bertz CT molecular complexity index is 735. The van der Waals surface area contributed by atoms with Crippen LogP contribution in [0.5, 0.6) is 5.75 Å². The molecule has 1 N–H and O–H groups in total. The molecule has 0 aliphatic heterocycles. The monoisotopic (exact) mass is 360 g/mol. The zero-order valence-corrected chi connectivity index (χ0v) is 14.8. The molecule has 132 valence electrons. The van der Waals surface area contributed by atoms with Crippen LogP contribution in [0.2, 0.25) is 5.02 Å². The van der Waals surface area contributed by atoms with Crippen molar-refractivity contribution in [3.8, 4) is 5.75 Å². The van der Waals surface area contributed by atoms with Crippen LogP contribution in [0.4, 0.5) is 0 Å². The van der Waals surface area contributed by atoms with Gasteiger partial charge in [-0.1, -0.05) is 23.7 Å². The van der Waals surface area contributed by atoms with Crippen LogP contribution in [0, 0.1) is 0 Å². The Labute approximate surface area is 152 Å². The molecule has 1 atom stereocenters. The number of ether oxygens (including phenoxy) is 1. The zero-order chi connectivity index (χ0) is 17.8. The SMILES string of the molecule is CC(Oc1ccc(CN(Cc2cccnc2)C2CC2)cc1Cl)C(=O)O. The molecule has 6 heteroatoms. The number of hydrogen-bond donors (Lipinski definition) is 1. The Morgan fingerprint density at radius 2 is 2.12 bits per heavy atom. The lowest BCUT2D eigenvalue weighted by molar-refractivity contribution is -0.144. The molecule has 0 radical (unpaired) electrons. The fourth-order valence-electron chi connectivity index (χ4n) is 2.69. The number of aromatic nitrogens is 1. The number of benzene rings is 1. The minimum atomic E-state index is -1.02. The van der Waals surface area contributed by atoms with Crippen LogP contribution >= 0.6 is 11.6 Å². The van der Waals surface area contributed by atoms with E-state index in [1.165, 1.54) is 25.3 Å². The number of hydrogen-bond acceptors (Lipinski definition) is 4. The van der Waals surface area contributed by atoms with E-state index in [-0.39, 0.29) is 0 Å². The summed E-state index contributed by atoms with van der Waals surface area (Å²) in [6.07, 6.45) is 5.17. The summed E-state index contributed by atoms with van der Waals surface area (Å²) in [4.78, 5) is 17.5. The average Bonchev–Trinajstić information content (AvgIpc) is 3.42. The second-order valence-electron chi connectivity index (χ2n) is 6.36. The summed E-state index contributed by atoms with van der Waals surface area (Å²) in [5.74, 6) is -0.623. The molecular formula is C19H21ClN2O3. The Hall–Kier alpha value is -2.11. The first-order valence-electron chi connectivity index (χ1n) is 8.34. The van der Waals surface area contributed by atoms with Gasteiger partial charge in [0.2, 0.25) is 0 Å².